The van der Waals surface area contributed by atoms with Crippen LogP contribution in [-0.2, 0) is 0 Å². The zero-order valence-corrected chi connectivity index (χ0v) is 12.5. The molecule has 1 aliphatic heterocycles. The maximum absolute atomic E-state index is 3.74. The minimum Gasteiger partial charge on any atom is -0.302 e. The number of piperidine rings is 1. The van der Waals surface area contributed by atoms with E-state index in [1.165, 1.54) is 77.4 Å². The Labute approximate surface area is 110 Å². The highest BCUT2D eigenvalue weighted by Gasteiger charge is 2.16. The molecule has 96 valence electrons. The Hall–Kier alpha value is 0.440. The van der Waals surface area contributed by atoms with E-state index in [2.05, 4.69) is 27.8 Å². The first-order valence-electron chi connectivity index (χ1n) is 7.19. The van der Waals surface area contributed by atoms with Crippen molar-refractivity contribution in [2.75, 3.05) is 19.6 Å². The molecule has 0 saturated carbocycles. The third-order valence-electron chi connectivity index (χ3n) is 3.53. The minimum atomic E-state index is 0.755. The Morgan fingerprint density at radius 1 is 1.06 bits per heavy atom. The summed E-state index contributed by atoms with van der Waals surface area (Å²) in [7, 11) is 0. The molecule has 0 amide bonds. The third kappa shape index (κ3) is 6.90. The van der Waals surface area contributed by atoms with Crippen LogP contribution >= 0.6 is 15.9 Å². The third-order valence-corrected chi connectivity index (χ3v) is 4.27. The summed E-state index contributed by atoms with van der Waals surface area (Å²) >= 11 is 3.74. The van der Waals surface area contributed by atoms with Gasteiger partial charge in [0.25, 0.3) is 0 Å². The van der Waals surface area contributed by atoms with Crippen LogP contribution in [0.2, 0.25) is 0 Å². The number of halogens is 1. The van der Waals surface area contributed by atoms with Crippen molar-refractivity contribution in [2.45, 2.75) is 69.5 Å². The van der Waals surface area contributed by atoms with Crippen LogP contribution < -0.4 is 0 Å². The molecular formula is C14H28BrN. The molecule has 1 atom stereocenters. The van der Waals surface area contributed by atoms with Gasteiger partial charge in [-0.05, 0) is 32.4 Å². The molecular weight excluding hydrogens is 262 g/mol. The van der Waals surface area contributed by atoms with Gasteiger partial charge in [0.15, 0.2) is 0 Å². The van der Waals surface area contributed by atoms with Crippen LogP contribution in [0.5, 0.6) is 0 Å². The smallest absolute Gasteiger partial charge is 0.0273 e. The van der Waals surface area contributed by atoms with Crippen LogP contribution in [0.4, 0.5) is 0 Å². The van der Waals surface area contributed by atoms with Gasteiger partial charge in [0.05, 0.1) is 0 Å². The molecule has 0 bridgehead atoms. The van der Waals surface area contributed by atoms with Gasteiger partial charge in [-0.1, -0.05) is 61.4 Å². The molecule has 1 unspecified atom stereocenters. The van der Waals surface area contributed by atoms with Gasteiger partial charge in [-0.3, -0.25) is 0 Å². The van der Waals surface area contributed by atoms with Gasteiger partial charge in [0.2, 0.25) is 0 Å². The van der Waals surface area contributed by atoms with Crippen LogP contribution in [0.25, 0.3) is 0 Å². The average Bonchev–Trinajstić information content (AvgIpc) is 2.28. The molecule has 0 aromatic rings. The summed E-state index contributed by atoms with van der Waals surface area (Å²) < 4.78 is 0. The van der Waals surface area contributed by atoms with Crippen molar-refractivity contribution < 1.29 is 0 Å². The molecule has 0 radical (unpaired) electrons. The number of unbranched alkanes of at least 4 members (excludes halogenated alkanes) is 6. The first-order valence-corrected chi connectivity index (χ1v) is 8.11. The second kappa shape index (κ2) is 9.47. The van der Waals surface area contributed by atoms with E-state index in [0.717, 1.165) is 4.83 Å². The molecule has 0 N–H and O–H groups in total. The fraction of sp³-hybridized carbons (Fsp3) is 1.00. The van der Waals surface area contributed by atoms with Gasteiger partial charge in [-0.25, -0.2) is 0 Å². The summed E-state index contributed by atoms with van der Waals surface area (Å²) in [5, 5.41) is 0. The van der Waals surface area contributed by atoms with E-state index >= 15 is 0 Å². The molecule has 1 heterocycles. The van der Waals surface area contributed by atoms with E-state index in [0.29, 0.717) is 0 Å². The molecule has 1 rings (SSSR count). The summed E-state index contributed by atoms with van der Waals surface area (Å²) in [6.45, 7) is 6.22. The van der Waals surface area contributed by atoms with Crippen LogP contribution in [0.15, 0.2) is 0 Å². The van der Waals surface area contributed by atoms with Gasteiger partial charge in [-0.15, -0.1) is 0 Å². The van der Waals surface area contributed by atoms with E-state index < -0.39 is 0 Å². The summed E-state index contributed by atoms with van der Waals surface area (Å²) in [4.78, 5) is 3.39. The number of likely N-dealkylation sites (tertiary alicyclic amines) is 1. The zero-order valence-electron chi connectivity index (χ0n) is 10.9. The molecule has 1 aliphatic rings. The number of alkyl halides is 1. The summed E-state index contributed by atoms with van der Waals surface area (Å²) in [6, 6.07) is 0. The van der Waals surface area contributed by atoms with Crippen molar-refractivity contribution in [3.05, 3.63) is 0 Å². The minimum absolute atomic E-state index is 0.755. The van der Waals surface area contributed by atoms with Gasteiger partial charge >= 0.3 is 0 Å². The highest BCUT2D eigenvalue weighted by Crippen LogP contribution is 2.17. The first kappa shape index (κ1) is 14.5. The van der Waals surface area contributed by atoms with Crippen LogP contribution in [-0.4, -0.2) is 29.4 Å². The Morgan fingerprint density at radius 2 is 1.75 bits per heavy atom. The predicted molar refractivity (Wildman–Crippen MR) is 76.4 cm³/mol. The van der Waals surface area contributed by atoms with Crippen molar-refractivity contribution in [3.8, 4) is 0 Å². The summed E-state index contributed by atoms with van der Waals surface area (Å²) in [5.74, 6) is 0. The maximum Gasteiger partial charge on any atom is 0.0273 e. The Bertz CT molecular complexity index is 161. The van der Waals surface area contributed by atoms with Gasteiger partial charge in [0, 0.05) is 11.4 Å². The highest BCUT2D eigenvalue weighted by molar-refractivity contribution is 9.09. The molecule has 0 aliphatic carbocycles. The number of hydrogen-bond acceptors (Lipinski definition) is 1. The van der Waals surface area contributed by atoms with Gasteiger partial charge in [0.1, 0.15) is 0 Å². The van der Waals surface area contributed by atoms with Crippen LogP contribution in [0, 0.1) is 0 Å². The second-order valence-corrected chi connectivity index (χ2v) is 6.46. The van der Waals surface area contributed by atoms with Crippen molar-refractivity contribution in [2.24, 2.45) is 0 Å². The molecule has 16 heavy (non-hydrogen) atoms. The lowest BCUT2D eigenvalue weighted by atomic mass is 10.1. The predicted octanol–water partition coefficient (Wildman–Crippen LogP) is 4.60. The molecule has 2 heteroatoms. The largest absolute Gasteiger partial charge is 0.302 e. The van der Waals surface area contributed by atoms with Crippen LogP contribution in [0.1, 0.15) is 64.7 Å². The normalized spacial score (nSPS) is 22.5. The Kier molecular flexibility index (Phi) is 8.58. The van der Waals surface area contributed by atoms with E-state index in [9.17, 15) is 0 Å². The standard InChI is InChI=1S/C14H28BrN/c1-2-3-4-5-6-7-8-11-16-12-9-10-14(15)13-16/h14H,2-13H2,1H3. The van der Waals surface area contributed by atoms with E-state index in [-0.39, 0.29) is 0 Å². The zero-order chi connectivity index (χ0) is 11.6. The average molecular weight is 290 g/mol. The van der Waals surface area contributed by atoms with E-state index in [1.807, 2.05) is 0 Å². The van der Waals surface area contributed by atoms with Gasteiger partial charge < -0.3 is 4.90 Å². The highest BCUT2D eigenvalue weighted by atomic mass is 79.9. The van der Waals surface area contributed by atoms with Crippen molar-refractivity contribution in [1.82, 2.24) is 4.90 Å². The first-order chi connectivity index (χ1) is 7.83. The monoisotopic (exact) mass is 289 g/mol. The van der Waals surface area contributed by atoms with Gasteiger partial charge in [-0.2, -0.15) is 0 Å². The van der Waals surface area contributed by atoms with E-state index in [4.69, 9.17) is 0 Å². The lowest BCUT2D eigenvalue weighted by molar-refractivity contribution is 0.230. The molecule has 0 spiro atoms. The number of hydrogen-bond donors (Lipinski definition) is 0. The maximum atomic E-state index is 3.74. The SMILES string of the molecule is CCCCCCCCCN1CCCC(Br)C1. The lowest BCUT2D eigenvalue weighted by Gasteiger charge is -2.29. The van der Waals surface area contributed by atoms with Crippen molar-refractivity contribution >= 4 is 15.9 Å². The topological polar surface area (TPSA) is 3.24 Å². The van der Waals surface area contributed by atoms with Crippen LogP contribution in [0.3, 0.4) is 0 Å². The number of nitrogens with zero attached hydrogens (tertiary/aromatic N) is 1. The number of rotatable bonds is 8. The molecule has 0 aromatic heterocycles. The molecule has 1 fully saturated rings. The lowest BCUT2D eigenvalue weighted by Crippen LogP contribution is -2.36. The molecule has 1 nitrogen and oxygen atoms in total. The van der Waals surface area contributed by atoms with Crippen molar-refractivity contribution in [1.29, 1.82) is 0 Å². The Morgan fingerprint density at radius 3 is 2.44 bits per heavy atom. The van der Waals surface area contributed by atoms with E-state index in [1.54, 1.807) is 0 Å². The summed E-state index contributed by atoms with van der Waals surface area (Å²) in [5.41, 5.74) is 0. The second-order valence-electron chi connectivity index (χ2n) is 5.16. The Balaban J connectivity index is 1.86. The van der Waals surface area contributed by atoms with Crippen molar-refractivity contribution in [3.63, 3.8) is 0 Å². The molecule has 0 aromatic carbocycles. The summed E-state index contributed by atoms with van der Waals surface area (Å²) in [6.07, 6.45) is 12.7. The fourth-order valence-corrected chi connectivity index (χ4v) is 3.23. The quantitative estimate of drug-likeness (QED) is 0.466. The molecule has 1 saturated heterocycles. The fourth-order valence-electron chi connectivity index (χ4n) is 2.49.